The minimum absolute atomic E-state index is 0.118. The van der Waals surface area contributed by atoms with Crippen LogP contribution >= 0.6 is 0 Å². The molecule has 0 radical (unpaired) electrons. The number of carbonyl (C=O) groups is 1. The number of hydrogen-bond donors (Lipinski definition) is 1. The lowest BCUT2D eigenvalue weighted by Gasteiger charge is -2.27. The van der Waals surface area contributed by atoms with E-state index in [9.17, 15) is 18.8 Å². The number of nitrogens with zero attached hydrogens (tertiary/aromatic N) is 3. The fraction of sp³-hybridized carbons (Fsp3) is 0.375. The summed E-state index contributed by atoms with van der Waals surface area (Å²) in [6.07, 6.45) is 0.342. The molecule has 1 amide bonds. The van der Waals surface area contributed by atoms with E-state index >= 15 is 0 Å². The van der Waals surface area contributed by atoms with E-state index in [4.69, 9.17) is 4.74 Å². The molecule has 1 aliphatic rings. The Morgan fingerprint density at radius 1 is 1.12 bits per heavy atom. The van der Waals surface area contributed by atoms with Gasteiger partial charge >= 0.3 is 5.69 Å². The smallest absolute Gasteiger partial charge is 0.336 e. The lowest BCUT2D eigenvalue weighted by molar-refractivity contribution is -0.124. The molecule has 4 rings (SSSR count). The molecular formula is C24H27FN4O4. The first-order valence-corrected chi connectivity index (χ1v) is 11.1. The van der Waals surface area contributed by atoms with Crippen molar-refractivity contribution in [3.8, 4) is 5.69 Å². The minimum Gasteiger partial charge on any atom is -0.379 e. The Hall–Kier alpha value is -3.30. The summed E-state index contributed by atoms with van der Waals surface area (Å²) in [6.45, 7) is 5.91. The Labute approximate surface area is 190 Å². The van der Waals surface area contributed by atoms with E-state index in [1.807, 2.05) is 6.92 Å². The second kappa shape index (κ2) is 10.1. The highest BCUT2D eigenvalue weighted by Gasteiger charge is 2.25. The number of ether oxygens (including phenoxy) is 1. The van der Waals surface area contributed by atoms with E-state index in [1.54, 1.807) is 24.3 Å². The van der Waals surface area contributed by atoms with E-state index in [0.717, 1.165) is 23.7 Å². The molecule has 1 N–H and O–H groups in total. The number of amides is 1. The number of halogens is 1. The Morgan fingerprint density at radius 2 is 1.88 bits per heavy atom. The monoisotopic (exact) mass is 454 g/mol. The molecule has 0 bridgehead atoms. The maximum atomic E-state index is 13.9. The predicted octanol–water partition coefficient (Wildman–Crippen LogP) is 1.69. The average molecular weight is 455 g/mol. The first-order valence-electron chi connectivity index (χ1n) is 11.1. The molecule has 33 heavy (non-hydrogen) atoms. The standard InChI is InChI=1S/C24H27FN4O4/c1-2-20(22(30)26-10-11-27-12-14-33-15-13-27)29-21-9-4-3-8-19(21)23(31)28(24(29)32)18-7-5-6-17(25)16-18/h3-9,16,20H,2,10-15H2,1H3,(H,26,30). The highest BCUT2D eigenvalue weighted by molar-refractivity contribution is 5.84. The van der Waals surface area contributed by atoms with Crippen LogP contribution in [0.1, 0.15) is 19.4 Å². The number of carbonyl (C=O) groups excluding carboxylic acids is 1. The van der Waals surface area contributed by atoms with Gasteiger partial charge in [-0.25, -0.2) is 13.8 Å². The van der Waals surface area contributed by atoms with Gasteiger partial charge in [-0.15, -0.1) is 0 Å². The number of rotatable bonds is 7. The molecule has 0 spiro atoms. The number of hydrogen-bond acceptors (Lipinski definition) is 5. The van der Waals surface area contributed by atoms with Crippen LogP contribution < -0.4 is 16.6 Å². The molecule has 2 heterocycles. The van der Waals surface area contributed by atoms with Crippen molar-refractivity contribution in [2.75, 3.05) is 39.4 Å². The highest BCUT2D eigenvalue weighted by Crippen LogP contribution is 2.18. The molecule has 1 fully saturated rings. The lowest BCUT2D eigenvalue weighted by atomic mass is 10.1. The molecular weight excluding hydrogens is 427 g/mol. The van der Waals surface area contributed by atoms with Gasteiger partial charge in [0, 0.05) is 26.2 Å². The maximum Gasteiger partial charge on any atom is 0.336 e. The molecule has 0 saturated carbocycles. The van der Waals surface area contributed by atoms with Crippen molar-refractivity contribution < 1.29 is 13.9 Å². The van der Waals surface area contributed by atoms with Crippen LogP contribution in [-0.2, 0) is 9.53 Å². The second-order valence-corrected chi connectivity index (χ2v) is 7.96. The van der Waals surface area contributed by atoms with E-state index in [2.05, 4.69) is 10.2 Å². The van der Waals surface area contributed by atoms with E-state index in [-0.39, 0.29) is 17.0 Å². The molecule has 1 aliphatic heterocycles. The Bertz CT molecular complexity index is 1260. The van der Waals surface area contributed by atoms with Crippen LogP contribution in [0.3, 0.4) is 0 Å². The number of para-hydroxylation sites is 1. The van der Waals surface area contributed by atoms with Gasteiger partial charge in [-0.1, -0.05) is 25.1 Å². The third-order valence-corrected chi connectivity index (χ3v) is 5.89. The van der Waals surface area contributed by atoms with Crippen molar-refractivity contribution in [3.05, 3.63) is 75.2 Å². The van der Waals surface area contributed by atoms with Gasteiger partial charge in [-0.3, -0.25) is 19.1 Å². The summed E-state index contributed by atoms with van der Waals surface area (Å²) < 4.78 is 21.5. The Morgan fingerprint density at radius 3 is 2.61 bits per heavy atom. The van der Waals surface area contributed by atoms with Crippen LogP contribution in [0.4, 0.5) is 4.39 Å². The fourth-order valence-electron chi connectivity index (χ4n) is 4.19. The molecule has 1 unspecified atom stereocenters. The van der Waals surface area contributed by atoms with Gasteiger partial charge in [0.05, 0.1) is 29.8 Å². The van der Waals surface area contributed by atoms with E-state index in [0.29, 0.717) is 38.2 Å². The van der Waals surface area contributed by atoms with Crippen LogP contribution in [0.2, 0.25) is 0 Å². The molecule has 8 nitrogen and oxygen atoms in total. The summed E-state index contributed by atoms with van der Waals surface area (Å²) in [6, 6.07) is 11.1. The molecule has 3 aromatic rings. The molecule has 1 saturated heterocycles. The number of benzene rings is 2. The summed E-state index contributed by atoms with van der Waals surface area (Å²) in [5, 5.41) is 3.20. The van der Waals surface area contributed by atoms with Crippen molar-refractivity contribution in [2.45, 2.75) is 19.4 Å². The molecule has 1 atom stereocenters. The first-order chi connectivity index (χ1) is 16.0. The van der Waals surface area contributed by atoms with Crippen molar-refractivity contribution in [3.63, 3.8) is 0 Å². The van der Waals surface area contributed by atoms with Crippen LogP contribution in [0.15, 0.2) is 58.1 Å². The zero-order chi connectivity index (χ0) is 23.4. The van der Waals surface area contributed by atoms with Crippen molar-refractivity contribution in [1.82, 2.24) is 19.4 Å². The van der Waals surface area contributed by atoms with Gasteiger partial charge in [0.25, 0.3) is 5.56 Å². The molecule has 1 aromatic heterocycles. The molecule has 174 valence electrons. The summed E-state index contributed by atoms with van der Waals surface area (Å²) in [4.78, 5) is 42.0. The topological polar surface area (TPSA) is 85.6 Å². The summed E-state index contributed by atoms with van der Waals surface area (Å²) in [5.41, 5.74) is -0.748. The lowest BCUT2D eigenvalue weighted by Crippen LogP contribution is -2.46. The first kappa shape index (κ1) is 22.9. The van der Waals surface area contributed by atoms with Gasteiger partial charge in [-0.05, 0) is 36.8 Å². The van der Waals surface area contributed by atoms with Crippen molar-refractivity contribution >= 4 is 16.8 Å². The van der Waals surface area contributed by atoms with Crippen LogP contribution in [0.25, 0.3) is 16.6 Å². The maximum absolute atomic E-state index is 13.9. The number of nitrogens with one attached hydrogen (secondary N) is 1. The van der Waals surface area contributed by atoms with E-state index in [1.165, 1.54) is 22.8 Å². The minimum atomic E-state index is -0.826. The zero-order valence-corrected chi connectivity index (χ0v) is 18.5. The third-order valence-electron chi connectivity index (χ3n) is 5.89. The predicted molar refractivity (Wildman–Crippen MR) is 123 cm³/mol. The van der Waals surface area contributed by atoms with Crippen LogP contribution in [0.5, 0.6) is 0 Å². The molecule has 2 aromatic carbocycles. The Kier molecular flexibility index (Phi) is 7.00. The highest BCUT2D eigenvalue weighted by atomic mass is 19.1. The largest absolute Gasteiger partial charge is 0.379 e. The van der Waals surface area contributed by atoms with Crippen molar-refractivity contribution in [2.24, 2.45) is 0 Å². The molecule has 0 aliphatic carbocycles. The Balaban J connectivity index is 1.72. The SMILES string of the molecule is CCC(C(=O)NCCN1CCOCC1)n1c(=O)n(-c2cccc(F)c2)c(=O)c2ccccc21. The number of morpholine rings is 1. The van der Waals surface area contributed by atoms with E-state index < -0.39 is 23.1 Å². The van der Waals surface area contributed by atoms with Crippen molar-refractivity contribution in [1.29, 1.82) is 0 Å². The van der Waals surface area contributed by atoms with Crippen LogP contribution in [0, 0.1) is 5.82 Å². The zero-order valence-electron chi connectivity index (χ0n) is 18.5. The second-order valence-electron chi connectivity index (χ2n) is 7.96. The van der Waals surface area contributed by atoms with Gasteiger partial charge in [0.1, 0.15) is 11.9 Å². The molecule has 9 heteroatoms. The summed E-state index contributed by atoms with van der Waals surface area (Å²) >= 11 is 0. The fourth-order valence-corrected chi connectivity index (χ4v) is 4.19. The number of aromatic nitrogens is 2. The normalized spacial score (nSPS) is 15.5. The van der Waals surface area contributed by atoms with Gasteiger partial charge in [-0.2, -0.15) is 0 Å². The van der Waals surface area contributed by atoms with Gasteiger partial charge < -0.3 is 10.1 Å². The van der Waals surface area contributed by atoms with Gasteiger partial charge in [0.15, 0.2) is 0 Å². The summed E-state index contributed by atoms with van der Waals surface area (Å²) in [7, 11) is 0. The quantitative estimate of drug-likeness (QED) is 0.587. The van der Waals surface area contributed by atoms with Gasteiger partial charge in [0.2, 0.25) is 5.91 Å². The number of fused-ring (bicyclic) bond motifs is 1. The third kappa shape index (κ3) is 4.74. The van der Waals surface area contributed by atoms with Crippen LogP contribution in [-0.4, -0.2) is 59.3 Å². The summed E-state index contributed by atoms with van der Waals surface area (Å²) in [5.74, 6) is -0.867. The average Bonchev–Trinajstić information content (AvgIpc) is 2.82.